The van der Waals surface area contributed by atoms with E-state index in [-0.39, 0.29) is 5.91 Å². The normalized spacial score (nSPS) is 10.7. The third-order valence-corrected chi connectivity index (χ3v) is 4.06. The van der Waals surface area contributed by atoms with Crippen molar-refractivity contribution >= 4 is 40.0 Å². The molecule has 7 heteroatoms. The standard InChI is InChI=1S/C12H22N4OS2/c1-8(2)7-15-12-16-10(13)9(19-12)11(17)14-5-4-6-18-3/h8H,4-7,13H2,1-3H3,(H,14,17)(H,15,16). The maximum Gasteiger partial charge on any atom is 0.265 e. The molecule has 0 atom stereocenters. The Kier molecular flexibility index (Phi) is 7.01. The summed E-state index contributed by atoms with van der Waals surface area (Å²) in [5.41, 5.74) is 5.77. The number of nitrogens with two attached hydrogens (primary N) is 1. The second-order valence-corrected chi connectivity index (χ2v) is 6.60. The van der Waals surface area contributed by atoms with Crippen molar-refractivity contribution in [1.29, 1.82) is 0 Å². The van der Waals surface area contributed by atoms with E-state index in [4.69, 9.17) is 5.73 Å². The van der Waals surface area contributed by atoms with Crippen LogP contribution < -0.4 is 16.4 Å². The van der Waals surface area contributed by atoms with Crippen LogP contribution in [0.3, 0.4) is 0 Å². The molecule has 0 radical (unpaired) electrons. The third kappa shape index (κ3) is 5.69. The van der Waals surface area contributed by atoms with Gasteiger partial charge >= 0.3 is 0 Å². The second kappa shape index (κ2) is 8.27. The molecule has 0 aromatic carbocycles. The average molecular weight is 302 g/mol. The molecule has 0 unspecified atom stereocenters. The molecular formula is C12H22N4OS2. The fourth-order valence-electron chi connectivity index (χ4n) is 1.36. The molecule has 5 nitrogen and oxygen atoms in total. The van der Waals surface area contributed by atoms with Crippen LogP contribution in [0.4, 0.5) is 10.9 Å². The van der Waals surface area contributed by atoms with E-state index in [9.17, 15) is 4.79 Å². The highest BCUT2D eigenvalue weighted by molar-refractivity contribution is 7.98. The van der Waals surface area contributed by atoms with Crippen molar-refractivity contribution in [1.82, 2.24) is 10.3 Å². The summed E-state index contributed by atoms with van der Waals surface area (Å²) in [4.78, 5) is 16.6. The SMILES string of the molecule is CSCCCNC(=O)c1sc(NCC(C)C)nc1N. The molecule has 0 saturated heterocycles. The van der Waals surface area contributed by atoms with Crippen molar-refractivity contribution in [3.8, 4) is 0 Å². The molecule has 0 spiro atoms. The van der Waals surface area contributed by atoms with Crippen molar-refractivity contribution in [2.24, 2.45) is 5.92 Å². The van der Waals surface area contributed by atoms with Crippen LogP contribution >= 0.6 is 23.1 Å². The van der Waals surface area contributed by atoms with E-state index in [0.29, 0.717) is 28.3 Å². The summed E-state index contributed by atoms with van der Waals surface area (Å²) in [6, 6.07) is 0. The van der Waals surface area contributed by atoms with Crippen molar-refractivity contribution in [2.45, 2.75) is 20.3 Å². The number of nitrogens with one attached hydrogen (secondary N) is 2. The summed E-state index contributed by atoms with van der Waals surface area (Å²) in [6.45, 7) is 5.72. The molecule has 1 amide bonds. The van der Waals surface area contributed by atoms with Crippen molar-refractivity contribution in [3.05, 3.63) is 4.88 Å². The summed E-state index contributed by atoms with van der Waals surface area (Å²) in [6.07, 6.45) is 3.01. The lowest BCUT2D eigenvalue weighted by atomic mass is 10.2. The zero-order valence-corrected chi connectivity index (χ0v) is 13.3. The zero-order valence-electron chi connectivity index (χ0n) is 11.7. The predicted molar refractivity (Wildman–Crippen MR) is 85.2 cm³/mol. The molecule has 4 N–H and O–H groups in total. The fourth-order valence-corrected chi connectivity index (χ4v) is 2.60. The first-order valence-corrected chi connectivity index (χ1v) is 8.53. The number of nitrogen functional groups attached to an aromatic ring is 1. The van der Waals surface area contributed by atoms with Gasteiger partial charge < -0.3 is 16.4 Å². The number of hydrogen-bond donors (Lipinski definition) is 3. The number of rotatable bonds is 8. The van der Waals surface area contributed by atoms with Gasteiger partial charge in [-0.25, -0.2) is 4.98 Å². The van der Waals surface area contributed by atoms with E-state index in [0.717, 1.165) is 18.7 Å². The quantitative estimate of drug-likeness (QED) is 0.642. The van der Waals surface area contributed by atoms with Gasteiger partial charge in [0.2, 0.25) is 0 Å². The van der Waals surface area contributed by atoms with Crippen LogP contribution in [-0.2, 0) is 0 Å². The lowest BCUT2D eigenvalue weighted by Crippen LogP contribution is -2.24. The number of nitrogens with zero attached hydrogens (tertiary/aromatic N) is 1. The van der Waals surface area contributed by atoms with E-state index in [2.05, 4.69) is 35.7 Å². The fraction of sp³-hybridized carbons (Fsp3) is 0.667. The molecular weight excluding hydrogens is 280 g/mol. The monoisotopic (exact) mass is 302 g/mol. The molecule has 0 aliphatic carbocycles. The van der Waals surface area contributed by atoms with Crippen LogP contribution in [0.25, 0.3) is 0 Å². The van der Waals surface area contributed by atoms with Gasteiger partial charge in [-0.3, -0.25) is 4.79 Å². The van der Waals surface area contributed by atoms with Crippen LogP contribution in [-0.4, -0.2) is 36.0 Å². The van der Waals surface area contributed by atoms with Crippen LogP contribution in [0.15, 0.2) is 0 Å². The molecule has 1 aromatic heterocycles. The lowest BCUT2D eigenvalue weighted by Gasteiger charge is -2.04. The van der Waals surface area contributed by atoms with Crippen LogP contribution in [0.2, 0.25) is 0 Å². The largest absolute Gasteiger partial charge is 0.382 e. The lowest BCUT2D eigenvalue weighted by molar-refractivity contribution is 0.0958. The highest BCUT2D eigenvalue weighted by atomic mass is 32.2. The minimum absolute atomic E-state index is 0.131. The van der Waals surface area contributed by atoms with Crippen molar-refractivity contribution < 1.29 is 4.79 Å². The highest BCUT2D eigenvalue weighted by Crippen LogP contribution is 2.24. The number of carbonyl (C=O) groups excluding carboxylic acids is 1. The molecule has 0 bridgehead atoms. The van der Waals surface area contributed by atoms with Gasteiger partial charge in [0.15, 0.2) is 5.13 Å². The number of carbonyl (C=O) groups is 1. The van der Waals surface area contributed by atoms with E-state index in [1.807, 2.05) is 0 Å². The van der Waals surface area contributed by atoms with Crippen molar-refractivity contribution in [2.75, 3.05) is 36.1 Å². The summed E-state index contributed by atoms with van der Waals surface area (Å²) in [5, 5.41) is 6.75. The second-order valence-electron chi connectivity index (χ2n) is 4.61. The first-order valence-electron chi connectivity index (χ1n) is 6.32. The molecule has 0 aliphatic rings. The van der Waals surface area contributed by atoms with Gasteiger partial charge in [-0.15, -0.1) is 0 Å². The minimum atomic E-state index is -0.131. The number of amides is 1. The number of aromatic nitrogens is 1. The smallest absolute Gasteiger partial charge is 0.265 e. The minimum Gasteiger partial charge on any atom is -0.382 e. The Morgan fingerprint density at radius 2 is 2.26 bits per heavy atom. The summed E-state index contributed by atoms with van der Waals surface area (Å²) >= 11 is 3.08. The Labute approximate surface area is 122 Å². The summed E-state index contributed by atoms with van der Waals surface area (Å²) in [5.74, 6) is 1.74. The van der Waals surface area contributed by atoms with Gasteiger partial charge in [0.1, 0.15) is 10.7 Å². The third-order valence-electron chi connectivity index (χ3n) is 2.33. The van der Waals surface area contributed by atoms with E-state index < -0.39 is 0 Å². The van der Waals surface area contributed by atoms with Crippen molar-refractivity contribution in [3.63, 3.8) is 0 Å². The maximum atomic E-state index is 11.9. The average Bonchev–Trinajstić information content (AvgIpc) is 2.73. The molecule has 1 heterocycles. The Bertz CT molecular complexity index is 406. The number of anilines is 2. The zero-order chi connectivity index (χ0) is 14.3. The van der Waals surface area contributed by atoms with Gasteiger partial charge in [-0.1, -0.05) is 25.2 Å². The Balaban J connectivity index is 2.50. The molecule has 1 rings (SSSR count). The Hall–Kier alpha value is -0.950. The summed E-state index contributed by atoms with van der Waals surface area (Å²) in [7, 11) is 0. The van der Waals surface area contributed by atoms with Gasteiger partial charge in [0.05, 0.1) is 0 Å². The topological polar surface area (TPSA) is 80.0 Å². The van der Waals surface area contributed by atoms with Gasteiger partial charge in [0.25, 0.3) is 5.91 Å². The Morgan fingerprint density at radius 3 is 2.89 bits per heavy atom. The first-order chi connectivity index (χ1) is 9.04. The Morgan fingerprint density at radius 1 is 1.53 bits per heavy atom. The van der Waals surface area contributed by atoms with Crippen LogP contribution in [0.1, 0.15) is 29.9 Å². The molecule has 1 aromatic rings. The number of hydrogen-bond acceptors (Lipinski definition) is 6. The highest BCUT2D eigenvalue weighted by Gasteiger charge is 2.15. The molecule has 0 saturated carbocycles. The molecule has 108 valence electrons. The van der Waals surface area contributed by atoms with Gasteiger partial charge in [0, 0.05) is 13.1 Å². The first kappa shape index (κ1) is 16.1. The van der Waals surface area contributed by atoms with Crippen LogP contribution in [0, 0.1) is 5.92 Å². The number of thioether (sulfide) groups is 1. The van der Waals surface area contributed by atoms with E-state index in [1.165, 1.54) is 11.3 Å². The number of thiazole rings is 1. The van der Waals surface area contributed by atoms with E-state index >= 15 is 0 Å². The van der Waals surface area contributed by atoms with Gasteiger partial charge in [-0.05, 0) is 24.3 Å². The van der Waals surface area contributed by atoms with Crippen LogP contribution in [0.5, 0.6) is 0 Å². The van der Waals surface area contributed by atoms with E-state index in [1.54, 1.807) is 11.8 Å². The molecule has 19 heavy (non-hydrogen) atoms. The summed E-state index contributed by atoms with van der Waals surface area (Å²) < 4.78 is 0. The maximum absolute atomic E-state index is 11.9. The van der Waals surface area contributed by atoms with Gasteiger partial charge in [-0.2, -0.15) is 11.8 Å². The molecule has 0 aliphatic heterocycles. The predicted octanol–water partition coefficient (Wildman–Crippen LogP) is 2.28. The molecule has 0 fully saturated rings.